The van der Waals surface area contributed by atoms with Gasteiger partial charge in [-0.15, -0.1) is 0 Å². The van der Waals surface area contributed by atoms with Gasteiger partial charge in [0.15, 0.2) is 11.6 Å². The van der Waals surface area contributed by atoms with Crippen LogP contribution in [0, 0.1) is 24.5 Å². The van der Waals surface area contributed by atoms with Gasteiger partial charge in [-0.3, -0.25) is 0 Å². The quantitative estimate of drug-likeness (QED) is 0.753. The highest BCUT2D eigenvalue weighted by Gasteiger charge is 2.23. The summed E-state index contributed by atoms with van der Waals surface area (Å²) in [7, 11) is 0. The fourth-order valence-corrected chi connectivity index (χ4v) is 2.44. The molecule has 0 fully saturated rings. The maximum atomic E-state index is 14.1. The Morgan fingerprint density at radius 1 is 1.11 bits per heavy atom. The van der Waals surface area contributed by atoms with Gasteiger partial charge in [-0.1, -0.05) is 39.3 Å². The number of halogens is 2. The van der Waals surface area contributed by atoms with Crippen LogP contribution in [0.1, 0.15) is 57.2 Å². The lowest BCUT2D eigenvalue weighted by atomic mass is 9.90. The SMILES string of the molecule is CCCNC(c1ccc(C)c(F)c1F)C(C)CCC. The second-order valence-corrected chi connectivity index (χ2v) is 5.30. The van der Waals surface area contributed by atoms with Crippen molar-refractivity contribution in [2.75, 3.05) is 6.54 Å². The third-order valence-electron chi connectivity index (χ3n) is 3.57. The van der Waals surface area contributed by atoms with E-state index in [2.05, 4.69) is 26.1 Å². The molecule has 1 aromatic carbocycles. The summed E-state index contributed by atoms with van der Waals surface area (Å²) >= 11 is 0. The molecular formula is C16H25F2N. The van der Waals surface area contributed by atoms with Gasteiger partial charge in [0.1, 0.15) is 0 Å². The van der Waals surface area contributed by atoms with Gasteiger partial charge in [0.2, 0.25) is 0 Å². The van der Waals surface area contributed by atoms with E-state index in [0.717, 1.165) is 25.8 Å². The molecule has 0 saturated carbocycles. The Morgan fingerprint density at radius 2 is 1.79 bits per heavy atom. The van der Waals surface area contributed by atoms with Crippen LogP contribution in [-0.4, -0.2) is 6.54 Å². The van der Waals surface area contributed by atoms with Crippen molar-refractivity contribution in [3.8, 4) is 0 Å². The van der Waals surface area contributed by atoms with E-state index >= 15 is 0 Å². The number of nitrogens with one attached hydrogen (secondary N) is 1. The molecule has 0 amide bonds. The van der Waals surface area contributed by atoms with Gasteiger partial charge in [0, 0.05) is 11.6 Å². The lowest BCUT2D eigenvalue weighted by molar-refractivity contribution is 0.347. The van der Waals surface area contributed by atoms with Gasteiger partial charge < -0.3 is 5.32 Å². The standard InChI is InChI=1S/C16H25F2N/c1-5-7-12(4)16(19-10-6-2)13-9-8-11(3)14(17)15(13)18/h8-9,12,16,19H,5-7,10H2,1-4H3. The van der Waals surface area contributed by atoms with Gasteiger partial charge in [-0.2, -0.15) is 0 Å². The number of benzene rings is 1. The third kappa shape index (κ3) is 4.00. The Morgan fingerprint density at radius 3 is 2.37 bits per heavy atom. The van der Waals surface area contributed by atoms with E-state index in [4.69, 9.17) is 0 Å². The predicted octanol–water partition coefficient (Wildman–Crippen LogP) is 4.75. The maximum Gasteiger partial charge on any atom is 0.163 e. The highest BCUT2D eigenvalue weighted by Crippen LogP contribution is 2.29. The molecule has 2 unspecified atom stereocenters. The molecule has 0 spiro atoms. The van der Waals surface area contributed by atoms with E-state index in [1.54, 1.807) is 19.1 Å². The first kappa shape index (κ1) is 16.1. The van der Waals surface area contributed by atoms with Crippen molar-refractivity contribution in [2.24, 2.45) is 5.92 Å². The molecule has 0 saturated heterocycles. The first-order valence-electron chi connectivity index (χ1n) is 7.20. The molecular weight excluding hydrogens is 244 g/mol. The van der Waals surface area contributed by atoms with Crippen LogP contribution in [-0.2, 0) is 0 Å². The average Bonchev–Trinajstić information content (AvgIpc) is 2.39. The minimum Gasteiger partial charge on any atom is -0.310 e. The number of aryl methyl sites for hydroxylation is 1. The Hall–Kier alpha value is -0.960. The largest absolute Gasteiger partial charge is 0.310 e. The molecule has 108 valence electrons. The van der Waals surface area contributed by atoms with Crippen molar-refractivity contribution in [3.63, 3.8) is 0 Å². The summed E-state index contributed by atoms with van der Waals surface area (Å²) in [4.78, 5) is 0. The van der Waals surface area contributed by atoms with Crippen LogP contribution in [0.4, 0.5) is 8.78 Å². The van der Waals surface area contributed by atoms with Crippen LogP contribution < -0.4 is 5.32 Å². The summed E-state index contributed by atoms with van der Waals surface area (Å²) in [5, 5.41) is 3.35. The van der Waals surface area contributed by atoms with Gasteiger partial charge >= 0.3 is 0 Å². The van der Waals surface area contributed by atoms with Gasteiger partial charge in [-0.05, 0) is 37.8 Å². The maximum absolute atomic E-state index is 14.1. The normalized spacial score (nSPS) is 14.4. The van der Waals surface area contributed by atoms with Crippen molar-refractivity contribution in [3.05, 3.63) is 34.9 Å². The molecule has 0 aliphatic heterocycles. The van der Waals surface area contributed by atoms with Crippen LogP contribution in [0.15, 0.2) is 12.1 Å². The molecule has 0 radical (unpaired) electrons. The molecule has 1 nitrogen and oxygen atoms in total. The van der Waals surface area contributed by atoms with Crippen LogP contribution >= 0.6 is 0 Å². The molecule has 1 aromatic rings. The van der Waals surface area contributed by atoms with Gasteiger partial charge in [0.05, 0.1) is 0 Å². The molecule has 19 heavy (non-hydrogen) atoms. The minimum atomic E-state index is -0.718. The Bertz CT molecular complexity index is 404. The van der Waals surface area contributed by atoms with E-state index in [1.165, 1.54) is 0 Å². The van der Waals surface area contributed by atoms with E-state index < -0.39 is 11.6 Å². The van der Waals surface area contributed by atoms with E-state index in [-0.39, 0.29) is 12.0 Å². The van der Waals surface area contributed by atoms with Gasteiger partial charge in [-0.25, -0.2) is 8.78 Å². The van der Waals surface area contributed by atoms with Crippen molar-refractivity contribution in [1.29, 1.82) is 0 Å². The van der Waals surface area contributed by atoms with E-state index in [9.17, 15) is 8.78 Å². The summed E-state index contributed by atoms with van der Waals surface area (Å²) in [6, 6.07) is 3.26. The summed E-state index contributed by atoms with van der Waals surface area (Å²) in [6.07, 6.45) is 3.02. The molecule has 0 aliphatic carbocycles. The van der Waals surface area contributed by atoms with Crippen LogP contribution in [0.2, 0.25) is 0 Å². The van der Waals surface area contributed by atoms with Crippen LogP contribution in [0.3, 0.4) is 0 Å². The van der Waals surface area contributed by atoms with E-state index in [1.807, 2.05) is 0 Å². The first-order chi connectivity index (χ1) is 9.02. The predicted molar refractivity (Wildman–Crippen MR) is 76.2 cm³/mol. The molecule has 0 aromatic heterocycles. The zero-order valence-electron chi connectivity index (χ0n) is 12.4. The van der Waals surface area contributed by atoms with Crippen molar-refractivity contribution < 1.29 is 8.78 Å². The van der Waals surface area contributed by atoms with E-state index in [0.29, 0.717) is 11.1 Å². The molecule has 2 atom stereocenters. The second kappa shape index (κ2) is 7.59. The average molecular weight is 269 g/mol. The highest BCUT2D eigenvalue weighted by atomic mass is 19.2. The van der Waals surface area contributed by atoms with Crippen molar-refractivity contribution in [2.45, 2.75) is 53.0 Å². The highest BCUT2D eigenvalue weighted by molar-refractivity contribution is 5.28. The summed E-state index contributed by atoms with van der Waals surface area (Å²) in [6.45, 7) is 8.67. The Kier molecular flexibility index (Phi) is 6.43. The zero-order valence-corrected chi connectivity index (χ0v) is 12.4. The zero-order chi connectivity index (χ0) is 14.4. The monoisotopic (exact) mass is 269 g/mol. The molecule has 1 N–H and O–H groups in total. The third-order valence-corrected chi connectivity index (χ3v) is 3.57. The molecule has 1 rings (SSSR count). The second-order valence-electron chi connectivity index (χ2n) is 5.30. The fraction of sp³-hybridized carbons (Fsp3) is 0.625. The molecule has 0 aliphatic rings. The van der Waals surface area contributed by atoms with Crippen molar-refractivity contribution >= 4 is 0 Å². The lowest BCUT2D eigenvalue weighted by Crippen LogP contribution is -2.29. The summed E-state index contributed by atoms with van der Waals surface area (Å²) in [5.41, 5.74) is 0.816. The van der Waals surface area contributed by atoms with Crippen LogP contribution in [0.5, 0.6) is 0 Å². The topological polar surface area (TPSA) is 12.0 Å². The lowest BCUT2D eigenvalue weighted by Gasteiger charge is -2.26. The number of rotatable bonds is 7. The molecule has 0 bridgehead atoms. The van der Waals surface area contributed by atoms with Crippen LogP contribution in [0.25, 0.3) is 0 Å². The molecule has 0 heterocycles. The molecule has 3 heteroatoms. The smallest absolute Gasteiger partial charge is 0.163 e. The summed E-state index contributed by atoms with van der Waals surface area (Å²) in [5.74, 6) is -1.13. The Labute approximate surface area is 115 Å². The number of hydrogen-bond donors (Lipinski definition) is 1. The Balaban J connectivity index is 3.06. The first-order valence-corrected chi connectivity index (χ1v) is 7.20. The fourth-order valence-electron chi connectivity index (χ4n) is 2.44. The minimum absolute atomic E-state index is 0.116. The van der Waals surface area contributed by atoms with Gasteiger partial charge in [0.25, 0.3) is 0 Å². The summed E-state index contributed by atoms with van der Waals surface area (Å²) < 4.78 is 27.8. The number of hydrogen-bond acceptors (Lipinski definition) is 1. The van der Waals surface area contributed by atoms with Crippen molar-refractivity contribution in [1.82, 2.24) is 5.32 Å².